The van der Waals surface area contributed by atoms with Gasteiger partial charge in [-0.05, 0) is 50.6 Å². The Balaban J connectivity index is 1.47. The zero-order valence-corrected chi connectivity index (χ0v) is 16.6. The van der Waals surface area contributed by atoms with Gasteiger partial charge in [-0.2, -0.15) is 5.10 Å². The van der Waals surface area contributed by atoms with Gasteiger partial charge < -0.3 is 10.2 Å². The molecule has 6 nitrogen and oxygen atoms in total. The summed E-state index contributed by atoms with van der Waals surface area (Å²) in [4.78, 5) is 26.3. The second kappa shape index (κ2) is 8.03. The number of hydrogen-bond acceptors (Lipinski definition) is 3. The monoisotopic (exact) mass is 418 g/mol. The van der Waals surface area contributed by atoms with E-state index in [1.54, 1.807) is 4.90 Å². The van der Waals surface area contributed by atoms with Gasteiger partial charge in [0.15, 0.2) is 0 Å². The fourth-order valence-corrected chi connectivity index (χ4v) is 3.50. The third kappa shape index (κ3) is 4.33. The first-order valence-electron chi connectivity index (χ1n) is 8.79. The van der Waals surface area contributed by atoms with Gasteiger partial charge in [-0.3, -0.25) is 14.3 Å². The molecule has 0 unspecified atom stereocenters. The molecule has 1 aromatic carbocycles. The molecule has 138 valence electrons. The topological polar surface area (TPSA) is 67.2 Å². The van der Waals surface area contributed by atoms with Crippen molar-refractivity contribution in [2.45, 2.75) is 33.2 Å². The largest absolute Gasteiger partial charge is 0.356 e. The molecule has 1 saturated heterocycles. The van der Waals surface area contributed by atoms with Crippen LogP contribution in [0.2, 0.25) is 0 Å². The van der Waals surface area contributed by atoms with Crippen LogP contribution < -0.4 is 10.2 Å². The van der Waals surface area contributed by atoms with E-state index in [2.05, 4.69) is 26.3 Å². The second-order valence-corrected chi connectivity index (χ2v) is 7.59. The normalized spacial score (nSPS) is 17.0. The summed E-state index contributed by atoms with van der Waals surface area (Å²) in [7, 11) is 0. The molecule has 1 fully saturated rings. The number of amides is 2. The zero-order valence-electron chi connectivity index (χ0n) is 15.0. The van der Waals surface area contributed by atoms with E-state index >= 15 is 0 Å². The minimum absolute atomic E-state index is 0.00452. The van der Waals surface area contributed by atoms with E-state index < -0.39 is 0 Å². The van der Waals surface area contributed by atoms with Gasteiger partial charge in [0, 0.05) is 41.9 Å². The van der Waals surface area contributed by atoms with Crippen molar-refractivity contribution in [1.29, 1.82) is 0 Å². The van der Waals surface area contributed by atoms with Gasteiger partial charge in [0.05, 0.1) is 11.6 Å². The molecule has 2 aromatic rings. The summed E-state index contributed by atoms with van der Waals surface area (Å²) in [5.41, 5.74) is 2.96. The molecule has 26 heavy (non-hydrogen) atoms. The summed E-state index contributed by atoms with van der Waals surface area (Å²) in [6.45, 7) is 5.79. The number of aryl methyl sites for hydroxylation is 3. The van der Waals surface area contributed by atoms with Crippen molar-refractivity contribution < 1.29 is 9.59 Å². The Hall–Kier alpha value is -2.15. The number of aromatic nitrogens is 2. The molecular formula is C19H23BrN4O2. The lowest BCUT2D eigenvalue weighted by atomic mass is 10.1. The quantitative estimate of drug-likeness (QED) is 0.733. The maximum Gasteiger partial charge on any atom is 0.227 e. The SMILES string of the molecule is Cc1cc(C)n(CCCNC(=O)[C@@H]2CC(=O)N(c3ccc(Br)cc3)C2)n1. The van der Waals surface area contributed by atoms with Crippen LogP contribution in [0.4, 0.5) is 5.69 Å². The predicted octanol–water partition coefficient (Wildman–Crippen LogP) is 2.82. The zero-order chi connectivity index (χ0) is 18.7. The molecule has 0 radical (unpaired) electrons. The Morgan fingerprint density at radius 1 is 1.31 bits per heavy atom. The Morgan fingerprint density at radius 2 is 2.04 bits per heavy atom. The van der Waals surface area contributed by atoms with Crippen LogP contribution in [-0.2, 0) is 16.1 Å². The molecule has 3 rings (SSSR count). The molecule has 2 amide bonds. The fraction of sp³-hybridized carbons (Fsp3) is 0.421. The van der Waals surface area contributed by atoms with E-state index in [1.807, 2.05) is 48.9 Å². The summed E-state index contributed by atoms with van der Waals surface area (Å²) in [6, 6.07) is 9.61. The Kier molecular flexibility index (Phi) is 5.76. The van der Waals surface area contributed by atoms with Crippen molar-refractivity contribution in [2.24, 2.45) is 5.92 Å². The number of halogens is 1. The summed E-state index contributed by atoms with van der Waals surface area (Å²) in [6.07, 6.45) is 1.07. The Morgan fingerprint density at radius 3 is 2.69 bits per heavy atom. The standard InChI is InChI=1S/C19H23BrN4O2/c1-13-10-14(2)24(22-13)9-3-8-21-19(26)15-11-18(25)23(12-15)17-6-4-16(20)5-7-17/h4-7,10,15H,3,8-9,11-12H2,1-2H3,(H,21,26)/t15-/m1/s1. The summed E-state index contributed by atoms with van der Waals surface area (Å²) in [5, 5.41) is 7.37. The minimum Gasteiger partial charge on any atom is -0.356 e. The van der Waals surface area contributed by atoms with E-state index in [0.717, 1.165) is 34.5 Å². The number of carbonyl (C=O) groups is 2. The molecule has 1 N–H and O–H groups in total. The van der Waals surface area contributed by atoms with Crippen LogP contribution in [0.3, 0.4) is 0 Å². The average Bonchev–Trinajstić information content (AvgIpc) is 3.14. The van der Waals surface area contributed by atoms with Gasteiger partial charge in [0.1, 0.15) is 0 Å². The Labute approximate surface area is 161 Å². The van der Waals surface area contributed by atoms with Crippen LogP contribution >= 0.6 is 15.9 Å². The third-order valence-electron chi connectivity index (χ3n) is 4.58. The summed E-state index contributed by atoms with van der Waals surface area (Å²) < 4.78 is 2.92. The number of rotatable bonds is 6. The smallest absolute Gasteiger partial charge is 0.227 e. The molecule has 1 aliphatic rings. The number of hydrogen-bond donors (Lipinski definition) is 1. The fourth-order valence-electron chi connectivity index (χ4n) is 3.24. The number of carbonyl (C=O) groups excluding carboxylic acids is 2. The van der Waals surface area contributed by atoms with Crippen molar-refractivity contribution in [3.63, 3.8) is 0 Å². The number of nitrogens with one attached hydrogen (secondary N) is 1. The van der Waals surface area contributed by atoms with Crippen LogP contribution in [0.5, 0.6) is 0 Å². The number of anilines is 1. The van der Waals surface area contributed by atoms with Crippen molar-refractivity contribution in [2.75, 3.05) is 18.0 Å². The molecular weight excluding hydrogens is 396 g/mol. The van der Waals surface area contributed by atoms with Gasteiger partial charge in [-0.1, -0.05) is 15.9 Å². The Bertz CT molecular complexity index is 800. The van der Waals surface area contributed by atoms with Crippen molar-refractivity contribution in [1.82, 2.24) is 15.1 Å². The van der Waals surface area contributed by atoms with Gasteiger partial charge in [0.25, 0.3) is 0 Å². The number of nitrogens with zero attached hydrogens (tertiary/aromatic N) is 3. The van der Waals surface area contributed by atoms with Crippen LogP contribution in [0.15, 0.2) is 34.8 Å². The first-order chi connectivity index (χ1) is 12.4. The molecule has 0 bridgehead atoms. The molecule has 1 aliphatic heterocycles. The van der Waals surface area contributed by atoms with Crippen LogP contribution in [0, 0.1) is 19.8 Å². The molecule has 1 aromatic heterocycles. The lowest BCUT2D eigenvalue weighted by molar-refractivity contribution is -0.126. The predicted molar refractivity (Wildman–Crippen MR) is 104 cm³/mol. The highest BCUT2D eigenvalue weighted by atomic mass is 79.9. The van der Waals surface area contributed by atoms with Gasteiger partial charge in [-0.25, -0.2) is 0 Å². The highest BCUT2D eigenvalue weighted by molar-refractivity contribution is 9.10. The van der Waals surface area contributed by atoms with Crippen molar-refractivity contribution in [3.8, 4) is 0 Å². The van der Waals surface area contributed by atoms with E-state index in [1.165, 1.54) is 0 Å². The lowest BCUT2D eigenvalue weighted by Crippen LogP contribution is -2.33. The maximum atomic E-state index is 12.4. The van der Waals surface area contributed by atoms with Gasteiger partial charge >= 0.3 is 0 Å². The molecule has 0 aliphatic carbocycles. The summed E-state index contributed by atoms with van der Waals surface area (Å²) >= 11 is 3.39. The first-order valence-corrected chi connectivity index (χ1v) is 9.58. The van der Waals surface area contributed by atoms with Gasteiger partial charge in [-0.15, -0.1) is 0 Å². The maximum absolute atomic E-state index is 12.4. The molecule has 7 heteroatoms. The highest BCUT2D eigenvalue weighted by Crippen LogP contribution is 2.26. The van der Waals surface area contributed by atoms with E-state index in [-0.39, 0.29) is 24.2 Å². The molecule has 2 heterocycles. The average molecular weight is 419 g/mol. The van der Waals surface area contributed by atoms with Crippen LogP contribution in [0.1, 0.15) is 24.2 Å². The second-order valence-electron chi connectivity index (χ2n) is 6.68. The van der Waals surface area contributed by atoms with E-state index in [4.69, 9.17) is 0 Å². The van der Waals surface area contributed by atoms with Crippen LogP contribution in [0.25, 0.3) is 0 Å². The van der Waals surface area contributed by atoms with Crippen molar-refractivity contribution >= 4 is 33.4 Å². The summed E-state index contributed by atoms with van der Waals surface area (Å²) in [5.74, 6) is -0.346. The number of benzene rings is 1. The van der Waals surface area contributed by atoms with Gasteiger partial charge in [0.2, 0.25) is 11.8 Å². The van der Waals surface area contributed by atoms with E-state index in [0.29, 0.717) is 13.1 Å². The molecule has 0 spiro atoms. The minimum atomic E-state index is -0.292. The molecule has 1 atom stereocenters. The molecule has 0 saturated carbocycles. The van der Waals surface area contributed by atoms with Crippen molar-refractivity contribution in [3.05, 3.63) is 46.2 Å². The first kappa shape index (κ1) is 18.6. The van der Waals surface area contributed by atoms with Crippen LogP contribution in [-0.4, -0.2) is 34.7 Å². The van der Waals surface area contributed by atoms with E-state index in [9.17, 15) is 9.59 Å². The third-order valence-corrected chi connectivity index (χ3v) is 5.11. The highest BCUT2D eigenvalue weighted by Gasteiger charge is 2.34. The lowest BCUT2D eigenvalue weighted by Gasteiger charge is -2.16.